The molecule has 0 heteroatoms. The van der Waals surface area contributed by atoms with Gasteiger partial charge in [-0.3, -0.25) is 0 Å². The first kappa shape index (κ1) is 9.26. The summed E-state index contributed by atoms with van der Waals surface area (Å²) in [5.74, 6) is 0. The molecule has 2 aromatic carbocycles. The quantitative estimate of drug-likeness (QED) is 0.662. The first-order chi connectivity index (χ1) is 6.83. The second kappa shape index (κ2) is 3.83. The summed E-state index contributed by atoms with van der Waals surface area (Å²) >= 11 is 0. The molecular formula is C14H15. The van der Waals surface area contributed by atoms with Crippen LogP contribution >= 0.6 is 0 Å². The summed E-state index contributed by atoms with van der Waals surface area (Å²) in [7, 11) is 0. The summed E-state index contributed by atoms with van der Waals surface area (Å²) in [5.41, 5.74) is 2.84. The average Bonchev–Trinajstić information content (AvgIpc) is 2.23. The highest BCUT2D eigenvalue weighted by molar-refractivity contribution is 5.86. The third-order valence-electron chi connectivity index (χ3n) is 2.70. The molecule has 0 N–H and O–H groups in total. The lowest BCUT2D eigenvalue weighted by atomic mass is 9.97. The maximum atomic E-state index is 3.93. The van der Waals surface area contributed by atoms with Crippen molar-refractivity contribution in [2.45, 2.75) is 19.8 Å². The van der Waals surface area contributed by atoms with E-state index in [0.717, 1.165) is 12.8 Å². The number of rotatable bonds is 2. The van der Waals surface area contributed by atoms with Gasteiger partial charge in [0.2, 0.25) is 0 Å². The van der Waals surface area contributed by atoms with Gasteiger partial charge in [0.05, 0.1) is 0 Å². The van der Waals surface area contributed by atoms with Gasteiger partial charge in [0, 0.05) is 0 Å². The molecule has 0 aliphatic rings. The predicted octanol–water partition coefficient (Wildman–Crippen LogP) is 3.91. The molecule has 0 saturated carbocycles. The summed E-state index contributed by atoms with van der Waals surface area (Å²) in [6.07, 6.45) is 2.04. The van der Waals surface area contributed by atoms with Gasteiger partial charge in [-0.05, 0) is 41.7 Å². The van der Waals surface area contributed by atoms with E-state index in [1.54, 1.807) is 0 Å². The molecule has 0 bridgehead atoms. The molecule has 0 aliphatic heterocycles. The van der Waals surface area contributed by atoms with E-state index in [4.69, 9.17) is 0 Å². The Kier molecular flexibility index (Phi) is 2.53. The van der Waals surface area contributed by atoms with Gasteiger partial charge in [0.1, 0.15) is 0 Å². The first-order valence-corrected chi connectivity index (χ1v) is 5.09. The Hall–Kier alpha value is -1.30. The summed E-state index contributed by atoms with van der Waals surface area (Å²) in [4.78, 5) is 0. The Bertz CT molecular complexity index is 441. The highest BCUT2D eigenvalue weighted by Gasteiger charge is 2.02. The minimum atomic E-state index is 0.967. The number of hydrogen-bond donors (Lipinski definition) is 0. The molecule has 0 amide bonds. The molecule has 71 valence electrons. The lowest BCUT2D eigenvalue weighted by Gasteiger charge is -2.08. The van der Waals surface area contributed by atoms with Crippen molar-refractivity contribution in [3.63, 3.8) is 0 Å². The van der Waals surface area contributed by atoms with Crippen molar-refractivity contribution in [1.82, 2.24) is 0 Å². The van der Waals surface area contributed by atoms with Crippen molar-refractivity contribution in [1.29, 1.82) is 0 Å². The molecule has 0 unspecified atom stereocenters. The van der Waals surface area contributed by atoms with Crippen molar-refractivity contribution in [3.8, 4) is 0 Å². The predicted molar refractivity (Wildman–Crippen MR) is 62.4 cm³/mol. The second-order valence-corrected chi connectivity index (χ2v) is 3.69. The largest absolute Gasteiger partial charge is 0.0616 e. The topological polar surface area (TPSA) is 0 Å². The van der Waals surface area contributed by atoms with E-state index in [-0.39, 0.29) is 0 Å². The van der Waals surface area contributed by atoms with Gasteiger partial charge in [-0.1, -0.05) is 43.3 Å². The van der Waals surface area contributed by atoms with Crippen molar-refractivity contribution in [2.24, 2.45) is 0 Å². The molecule has 0 aliphatic carbocycles. The van der Waals surface area contributed by atoms with Crippen LogP contribution in [-0.4, -0.2) is 0 Å². The number of benzene rings is 2. The van der Waals surface area contributed by atoms with Crippen molar-refractivity contribution in [2.75, 3.05) is 0 Å². The van der Waals surface area contributed by atoms with Crippen LogP contribution in [0.25, 0.3) is 10.8 Å². The normalized spacial score (nSPS) is 10.7. The Labute approximate surface area is 85.6 Å². The van der Waals surface area contributed by atoms with Crippen LogP contribution in [0, 0.1) is 13.8 Å². The zero-order valence-corrected chi connectivity index (χ0v) is 8.59. The highest BCUT2D eigenvalue weighted by atomic mass is 14.1. The number of fused-ring (bicyclic) bond motifs is 1. The van der Waals surface area contributed by atoms with Gasteiger partial charge in [0.25, 0.3) is 0 Å². The number of aryl methyl sites for hydroxylation is 2. The first-order valence-electron chi connectivity index (χ1n) is 5.09. The molecule has 14 heavy (non-hydrogen) atoms. The molecule has 2 aromatic rings. The van der Waals surface area contributed by atoms with E-state index in [1.165, 1.54) is 21.9 Å². The van der Waals surface area contributed by atoms with Crippen LogP contribution in [0.4, 0.5) is 0 Å². The zero-order valence-electron chi connectivity index (χ0n) is 8.59. The van der Waals surface area contributed by atoms with Crippen LogP contribution in [0.3, 0.4) is 0 Å². The maximum Gasteiger partial charge on any atom is -0.0149 e. The van der Waals surface area contributed by atoms with Crippen molar-refractivity contribution < 1.29 is 0 Å². The van der Waals surface area contributed by atoms with E-state index < -0.39 is 0 Å². The fraction of sp³-hybridized carbons (Fsp3) is 0.214. The molecule has 2 rings (SSSR count). The van der Waals surface area contributed by atoms with Crippen LogP contribution in [0.5, 0.6) is 0 Å². The molecule has 0 heterocycles. The maximum absolute atomic E-state index is 3.93. The van der Waals surface area contributed by atoms with E-state index in [1.807, 2.05) is 0 Å². The van der Waals surface area contributed by atoms with E-state index >= 15 is 0 Å². The molecular weight excluding hydrogens is 168 g/mol. The molecule has 0 fully saturated rings. The molecule has 0 aromatic heterocycles. The molecule has 0 atom stereocenters. The van der Waals surface area contributed by atoms with E-state index in [9.17, 15) is 0 Å². The summed E-state index contributed by atoms with van der Waals surface area (Å²) in [6.45, 7) is 6.11. The Morgan fingerprint density at radius 3 is 2.64 bits per heavy atom. The molecule has 0 spiro atoms. The summed E-state index contributed by atoms with van der Waals surface area (Å²) in [6, 6.07) is 13.0. The van der Waals surface area contributed by atoms with Gasteiger partial charge in [-0.25, -0.2) is 0 Å². The molecule has 0 saturated heterocycles. The zero-order chi connectivity index (χ0) is 9.97. The Morgan fingerprint density at radius 1 is 1.07 bits per heavy atom. The van der Waals surface area contributed by atoms with Crippen LogP contribution in [-0.2, 0) is 6.42 Å². The molecule has 1 radical (unpaired) electrons. The highest BCUT2D eigenvalue weighted by Crippen LogP contribution is 2.23. The second-order valence-electron chi connectivity index (χ2n) is 3.69. The van der Waals surface area contributed by atoms with Gasteiger partial charge in [-0.2, -0.15) is 0 Å². The van der Waals surface area contributed by atoms with Crippen LogP contribution < -0.4 is 0 Å². The van der Waals surface area contributed by atoms with Crippen LogP contribution in [0.1, 0.15) is 17.5 Å². The smallest absolute Gasteiger partial charge is 0.0149 e. The fourth-order valence-electron chi connectivity index (χ4n) is 1.95. The Morgan fingerprint density at radius 2 is 1.86 bits per heavy atom. The van der Waals surface area contributed by atoms with Crippen LogP contribution in [0.15, 0.2) is 36.4 Å². The monoisotopic (exact) mass is 183 g/mol. The standard InChI is InChI=1S/C14H15/c1-3-6-13-11(2)9-10-12-7-4-5-8-14(12)13/h4-5,7-10H,1,3,6H2,2H3. The molecule has 0 nitrogen and oxygen atoms in total. The fourth-order valence-corrected chi connectivity index (χ4v) is 1.95. The van der Waals surface area contributed by atoms with Crippen LogP contribution in [0.2, 0.25) is 0 Å². The minimum Gasteiger partial charge on any atom is -0.0616 e. The summed E-state index contributed by atoms with van der Waals surface area (Å²) in [5, 5.41) is 2.72. The minimum absolute atomic E-state index is 0.967. The lowest BCUT2D eigenvalue weighted by molar-refractivity contribution is 0.997. The SMILES string of the molecule is [CH2]CCc1c(C)ccc2ccccc12. The third kappa shape index (κ3) is 1.52. The van der Waals surface area contributed by atoms with Gasteiger partial charge < -0.3 is 0 Å². The van der Waals surface area contributed by atoms with Gasteiger partial charge >= 0.3 is 0 Å². The van der Waals surface area contributed by atoms with Crippen molar-refractivity contribution >= 4 is 10.8 Å². The number of hydrogen-bond acceptors (Lipinski definition) is 0. The average molecular weight is 183 g/mol. The van der Waals surface area contributed by atoms with E-state index in [2.05, 4.69) is 50.2 Å². The van der Waals surface area contributed by atoms with Gasteiger partial charge in [0.15, 0.2) is 0 Å². The van der Waals surface area contributed by atoms with E-state index in [0.29, 0.717) is 0 Å². The third-order valence-corrected chi connectivity index (χ3v) is 2.70. The summed E-state index contributed by atoms with van der Waals surface area (Å²) < 4.78 is 0. The van der Waals surface area contributed by atoms with Crippen molar-refractivity contribution in [3.05, 3.63) is 54.4 Å². The lowest BCUT2D eigenvalue weighted by Crippen LogP contribution is -1.90. The van der Waals surface area contributed by atoms with Gasteiger partial charge in [-0.15, -0.1) is 0 Å². The Balaban J connectivity index is 2.69.